The predicted octanol–water partition coefficient (Wildman–Crippen LogP) is 3.82. The van der Waals surface area contributed by atoms with Gasteiger partial charge in [0.05, 0.1) is 11.3 Å². The smallest absolute Gasteiger partial charge is 0.246 e. The normalized spacial score (nSPS) is 11.2. The van der Waals surface area contributed by atoms with Crippen molar-refractivity contribution < 1.29 is 13.3 Å². The van der Waals surface area contributed by atoms with Gasteiger partial charge in [0.25, 0.3) is 0 Å². The summed E-state index contributed by atoms with van der Waals surface area (Å²) in [4.78, 5) is 17.0. The average molecular weight is 390 g/mol. The van der Waals surface area contributed by atoms with Crippen molar-refractivity contribution in [3.63, 3.8) is 0 Å². The van der Waals surface area contributed by atoms with Crippen LogP contribution in [0.15, 0.2) is 65.7 Å². The van der Waals surface area contributed by atoms with Crippen molar-refractivity contribution in [1.29, 1.82) is 0 Å². The Labute approximate surface area is 163 Å². The molecule has 0 fully saturated rings. The van der Waals surface area contributed by atoms with Crippen LogP contribution in [0.4, 0.5) is 8.78 Å². The van der Waals surface area contributed by atoms with Crippen LogP contribution < -0.4 is 0 Å². The Bertz CT molecular complexity index is 1270. The standard InChI is InChI=1S/C20H12F2N6O/c21-14-3-1-2-13(18(14)22)20-24-15-6-9-28(10-16(15)25-20)11-17-26-19(27-29-17)12-4-7-23-8-5-12/h1-10H,11H2. The van der Waals surface area contributed by atoms with Crippen LogP contribution in [0.25, 0.3) is 34.2 Å². The van der Waals surface area contributed by atoms with Crippen molar-refractivity contribution in [2.75, 3.05) is 0 Å². The van der Waals surface area contributed by atoms with Gasteiger partial charge in [-0.15, -0.1) is 0 Å². The molecule has 4 heterocycles. The molecule has 2 aliphatic heterocycles. The van der Waals surface area contributed by atoms with Gasteiger partial charge in [-0.1, -0.05) is 11.2 Å². The zero-order chi connectivity index (χ0) is 19.8. The van der Waals surface area contributed by atoms with Crippen molar-refractivity contribution in [2.45, 2.75) is 6.54 Å². The van der Waals surface area contributed by atoms with Crippen LogP contribution in [0.3, 0.4) is 0 Å². The highest BCUT2D eigenvalue weighted by Gasteiger charge is 2.18. The van der Waals surface area contributed by atoms with Crippen molar-refractivity contribution in [2.24, 2.45) is 0 Å². The van der Waals surface area contributed by atoms with E-state index in [1.807, 2.05) is 0 Å². The largest absolute Gasteiger partial charge is 0.343 e. The van der Waals surface area contributed by atoms with Crippen molar-refractivity contribution >= 4 is 0 Å². The van der Waals surface area contributed by atoms with Crippen LogP contribution in [0.1, 0.15) is 5.89 Å². The lowest BCUT2D eigenvalue weighted by Gasteiger charge is -2.04. The minimum Gasteiger partial charge on any atom is -0.343 e. The lowest BCUT2D eigenvalue weighted by Crippen LogP contribution is -2.01. The Morgan fingerprint density at radius 1 is 0.897 bits per heavy atom. The Morgan fingerprint density at radius 3 is 2.59 bits per heavy atom. The van der Waals surface area contributed by atoms with Crippen LogP contribution in [0, 0.1) is 11.6 Å². The SMILES string of the molecule is Fc1cccc(-c2nc3ccn(Cc4nc(-c5ccncc5)no4)cc-3n2)c1F. The predicted molar refractivity (Wildman–Crippen MR) is 98.6 cm³/mol. The number of halogens is 2. The van der Waals surface area contributed by atoms with Gasteiger partial charge in [-0.3, -0.25) is 4.98 Å². The van der Waals surface area contributed by atoms with Crippen LogP contribution in [-0.2, 0) is 6.54 Å². The van der Waals surface area contributed by atoms with Gasteiger partial charge < -0.3 is 9.09 Å². The lowest BCUT2D eigenvalue weighted by atomic mass is 10.2. The van der Waals surface area contributed by atoms with Gasteiger partial charge in [-0.25, -0.2) is 18.7 Å². The Balaban J connectivity index is 1.43. The fourth-order valence-electron chi connectivity index (χ4n) is 2.94. The summed E-state index contributed by atoms with van der Waals surface area (Å²) in [5, 5.41) is 3.97. The van der Waals surface area contributed by atoms with Gasteiger partial charge in [0.2, 0.25) is 11.7 Å². The van der Waals surface area contributed by atoms with E-state index in [0.29, 0.717) is 29.6 Å². The highest BCUT2D eigenvalue weighted by Crippen LogP contribution is 2.27. The van der Waals surface area contributed by atoms with Crippen molar-refractivity contribution in [3.05, 3.63) is 78.7 Å². The van der Waals surface area contributed by atoms with Crippen LogP contribution >= 0.6 is 0 Å². The van der Waals surface area contributed by atoms with Gasteiger partial charge in [-0.2, -0.15) is 4.98 Å². The zero-order valence-corrected chi connectivity index (χ0v) is 14.8. The van der Waals surface area contributed by atoms with E-state index >= 15 is 0 Å². The summed E-state index contributed by atoms with van der Waals surface area (Å²) in [5.74, 6) is -0.886. The lowest BCUT2D eigenvalue weighted by molar-refractivity contribution is 0.371. The van der Waals surface area contributed by atoms with E-state index in [0.717, 1.165) is 11.6 Å². The number of imidazole rings is 1. The second-order valence-electron chi connectivity index (χ2n) is 6.28. The molecule has 0 saturated carbocycles. The molecule has 29 heavy (non-hydrogen) atoms. The van der Waals surface area contributed by atoms with E-state index in [2.05, 4.69) is 25.1 Å². The molecule has 0 unspecified atom stereocenters. The Hall–Kier alpha value is -4.01. The number of rotatable bonds is 4. The first-order valence-electron chi connectivity index (χ1n) is 8.68. The minimum absolute atomic E-state index is 0.0200. The number of hydrogen-bond acceptors (Lipinski definition) is 6. The first-order chi connectivity index (χ1) is 14.2. The van der Waals surface area contributed by atoms with E-state index < -0.39 is 11.6 Å². The van der Waals surface area contributed by atoms with Crippen LogP contribution in [-0.4, -0.2) is 29.7 Å². The molecule has 2 aromatic heterocycles. The Morgan fingerprint density at radius 2 is 1.72 bits per heavy atom. The summed E-state index contributed by atoms with van der Waals surface area (Å²) >= 11 is 0. The van der Waals surface area contributed by atoms with E-state index in [-0.39, 0.29) is 11.4 Å². The highest BCUT2D eigenvalue weighted by molar-refractivity contribution is 5.66. The molecular weight excluding hydrogens is 378 g/mol. The highest BCUT2D eigenvalue weighted by atomic mass is 19.2. The summed E-state index contributed by atoms with van der Waals surface area (Å²) in [6.07, 6.45) is 6.82. The van der Waals surface area contributed by atoms with Crippen LogP contribution in [0.2, 0.25) is 0 Å². The number of fused-ring (bicyclic) bond motifs is 1. The summed E-state index contributed by atoms with van der Waals surface area (Å²) in [7, 11) is 0. The monoisotopic (exact) mass is 390 g/mol. The van der Waals surface area contributed by atoms with Gasteiger partial charge in [0.1, 0.15) is 12.2 Å². The van der Waals surface area contributed by atoms with Crippen molar-refractivity contribution in [3.8, 4) is 34.2 Å². The quantitative estimate of drug-likeness (QED) is 0.464. The van der Waals surface area contributed by atoms with E-state index in [9.17, 15) is 8.78 Å². The van der Waals surface area contributed by atoms with Gasteiger partial charge in [0, 0.05) is 30.4 Å². The molecule has 0 N–H and O–H groups in total. The fourth-order valence-corrected chi connectivity index (χ4v) is 2.94. The molecule has 0 bridgehead atoms. The third-order valence-corrected chi connectivity index (χ3v) is 4.34. The summed E-state index contributed by atoms with van der Waals surface area (Å²) in [6.45, 7) is 0.324. The third-order valence-electron chi connectivity index (χ3n) is 4.34. The molecule has 1 aromatic carbocycles. The Kier molecular flexibility index (Phi) is 4.05. The molecular formula is C20H12F2N6O. The summed E-state index contributed by atoms with van der Waals surface area (Å²) in [5.41, 5.74) is 1.94. The molecule has 0 spiro atoms. The minimum atomic E-state index is -0.967. The number of nitrogens with zero attached hydrogens (tertiary/aromatic N) is 6. The van der Waals surface area contributed by atoms with Crippen LogP contribution in [0.5, 0.6) is 0 Å². The maximum absolute atomic E-state index is 14.0. The number of aromatic nitrogens is 6. The van der Waals surface area contributed by atoms with Gasteiger partial charge in [-0.05, 0) is 30.3 Å². The first kappa shape index (κ1) is 17.1. The zero-order valence-electron chi connectivity index (χ0n) is 14.8. The maximum atomic E-state index is 14.0. The van der Waals surface area contributed by atoms with E-state index in [1.54, 1.807) is 47.6 Å². The molecule has 142 valence electrons. The molecule has 3 aromatic rings. The number of pyridine rings is 2. The van der Waals surface area contributed by atoms with E-state index in [4.69, 9.17) is 4.52 Å². The van der Waals surface area contributed by atoms with E-state index in [1.165, 1.54) is 12.1 Å². The van der Waals surface area contributed by atoms with Gasteiger partial charge in [0.15, 0.2) is 17.5 Å². The topological polar surface area (TPSA) is 82.5 Å². The third kappa shape index (κ3) is 3.22. The molecule has 0 radical (unpaired) electrons. The van der Waals surface area contributed by atoms with Crippen molar-refractivity contribution in [1.82, 2.24) is 29.7 Å². The molecule has 0 atom stereocenters. The molecule has 0 amide bonds. The number of benzene rings is 1. The summed E-state index contributed by atoms with van der Waals surface area (Å²) < 4.78 is 34.6. The molecule has 2 aliphatic rings. The molecule has 0 aliphatic carbocycles. The number of hydrogen-bond donors (Lipinski definition) is 0. The fraction of sp³-hybridized carbons (Fsp3) is 0.0500. The maximum Gasteiger partial charge on any atom is 0.246 e. The summed E-state index contributed by atoms with van der Waals surface area (Å²) in [6, 6.07) is 9.24. The average Bonchev–Trinajstić information content (AvgIpc) is 3.37. The molecule has 5 rings (SSSR count). The molecule has 7 nitrogen and oxygen atoms in total. The van der Waals surface area contributed by atoms with Gasteiger partial charge >= 0.3 is 0 Å². The second kappa shape index (κ2) is 6.86. The molecule has 9 heteroatoms. The first-order valence-corrected chi connectivity index (χ1v) is 8.68. The second-order valence-corrected chi connectivity index (χ2v) is 6.28. The molecule has 0 saturated heterocycles.